The van der Waals surface area contributed by atoms with E-state index in [0.717, 1.165) is 5.75 Å². The Balaban J connectivity index is -0.000000175. The van der Waals surface area contributed by atoms with E-state index in [0.29, 0.717) is 0 Å². The summed E-state index contributed by atoms with van der Waals surface area (Å²) in [5.74, 6) is 0.852. The van der Waals surface area contributed by atoms with Crippen LogP contribution in [-0.2, 0) is 0 Å². The molecule has 0 saturated carbocycles. The molecule has 0 saturated heterocycles. The number of allylic oxidation sites excluding steroid dienone is 3. The number of rotatable bonds is 2. The number of thiol groups is 1. The van der Waals surface area contributed by atoms with Crippen molar-refractivity contribution in [2.24, 2.45) is 0 Å². The largest absolute Gasteiger partial charge is 0.175 e. The van der Waals surface area contributed by atoms with Crippen LogP contribution in [0.15, 0.2) is 23.8 Å². The Labute approximate surface area is 84.2 Å². The van der Waals surface area contributed by atoms with Gasteiger partial charge in [0.2, 0.25) is 0 Å². The van der Waals surface area contributed by atoms with Gasteiger partial charge in [-0.15, -0.1) is 0 Å². The van der Waals surface area contributed by atoms with Gasteiger partial charge < -0.3 is 0 Å². The van der Waals surface area contributed by atoms with E-state index < -0.39 is 0 Å². The molecule has 0 aromatic rings. The number of hydrogen-bond donors (Lipinski definition) is 1. The highest BCUT2D eigenvalue weighted by molar-refractivity contribution is 7.80. The van der Waals surface area contributed by atoms with E-state index >= 15 is 0 Å². The second kappa shape index (κ2) is 22.4. The molecule has 0 aliphatic heterocycles. The predicted octanol–water partition coefficient (Wildman–Crippen LogP) is 4.49. The van der Waals surface area contributed by atoms with Crippen LogP contribution in [0.5, 0.6) is 0 Å². The molecule has 0 aromatic carbocycles. The third-order valence-corrected chi connectivity index (χ3v) is 1.32. The molecular weight excluding hydrogens is 164 g/mol. The molecule has 0 unspecified atom stereocenters. The van der Waals surface area contributed by atoms with E-state index in [-0.39, 0.29) is 0 Å². The molecule has 0 heterocycles. The van der Waals surface area contributed by atoms with Gasteiger partial charge in [0.15, 0.2) is 0 Å². The Morgan fingerprint density at radius 3 is 1.83 bits per heavy atom. The predicted molar refractivity (Wildman–Crippen MR) is 65.1 cm³/mol. The van der Waals surface area contributed by atoms with Gasteiger partial charge in [-0.2, -0.15) is 12.6 Å². The van der Waals surface area contributed by atoms with Crippen LogP contribution in [0.1, 0.15) is 41.5 Å². The Hall–Kier alpha value is -0.170. The quantitative estimate of drug-likeness (QED) is 0.479. The van der Waals surface area contributed by atoms with Crippen molar-refractivity contribution in [2.75, 3.05) is 5.75 Å². The molecule has 1 heteroatoms. The SMILES string of the molecule is C/C=C\C=C(/C)CS.CC.CC. The lowest BCUT2D eigenvalue weighted by Crippen LogP contribution is -1.72. The van der Waals surface area contributed by atoms with Gasteiger partial charge in [0.25, 0.3) is 0 Å². The van der Waals surface area contributed by atoms with E-state index in [1.165, 1.54) is 5.57 Å². The fourth-order valence-corrected chi connectivity index (χ4v) is 0.419. The van der Waals surface area contributed by atoms with E-state index in [4.69, 9.17) is 0 Å². The molecule has 0 fully saturated rings. The molecule has 0 bridgehead atoms. The molecule has 0 N–H and O–H groups in total. The summed E-state index contributed by atoms with van der Waals surface area (Å²) in [4.78, 5) is 0. The smallest absolute Gasteiger partial charge is 0.0113 e. The summed E-state index contributed by atoms with van der Waals surface area (Å²) in [5.41, 5.74) is 1.30. The monoisotopic (exact) mass is 188 g/mol. The molecule has 0 nitrogen and oxygen atoms in total. The zero-order valence-electron chi connectivity index (χ0n) is 9.39. The maximum absolute atomic E-state index is 4.09. The van der Waals surface area contributed by atoms with Gasteiger partial charge in [-0.05, 0) is 13.8 Å². The topological polar surface area (TPSA) is 0 Å². The fourth-order valence-electron chi connectivity index (χ4n) is 0.313. The lowest BCUT2D eigenvalue weighted by atomic mass is 10.3. The van der Waals surface area contributed by atoms with Crippen LogP contribution in [0.3, 0.4) is 0 Å². The van der Waals surface area contributed by atoms with Crippen LogP contribution in [0, 0.1) is 0 Å². The molecule has 0 aliphatic carbocycles. The number of hydrogen-bond acceptors (Lipinski definition) is 1. The summed E-state index contributed by atoms with van der Waals surface area (Å²) in [7, 11) is 0. The normalized spacial score (nSPS) is 9.75. The van der Waals surface area contributed by atoms with Gasteiger partial charge in [-0.3, -0.25) is 0 Å². The van der Waals surface area contributed by atoms with Crippen LogP contribution in [0.25, 0.3) is 0 Å². The van der Waals surface area contributed by atoms with Crippen molar-refractivity contribution in [1.29, 1.82) is 0 Å². The highest BCUT2D eigenvalue weighted by atomic mass is 32.1. The van der Waals surface area contributed by atoms with Gasteiger partial charge >= 0.3 is 0 Å². The third kappa shape index (κ3) is 22.5. The maximum Gasteiger partial charge on any atom is 0.0113 e. The summed E-state index contributed by atoms with van der Waals surface area (Å²) in [6.45, 7) is 12.1. The first kappa shape index (κ1) is 17.8. The van der Waals surface area contributed by atoms with Gasteiger partial charge in [0.05, 0.1) is 0 Å². The lowest BCUT2D eigenvalue weighted by Gasteiger charge is -1.86. The summed E-state index contributed by atoms with van der Waals surface area (Å²) < 4.78 is 0. The van der Waals surface area contributed by atoms with Crippen LogP contribution < -0.4 is 0 Å². The van der Waals surface area contributed by atoms with Gasteiger partial charge in [-0.25, -0.2) is 0 Å². The average molecular weight is 188 g/mol. The molecule has 0 aromatic heterocycles. The Morgan fingerprint density at radius 1 is 1.17 bits per heavy atom. The van der Waals surface area contributed by atoms with E-state index in [1.54, 1.807) is 0 Å². The molecule has 12 heavy (non-hydrogen) atoms. The zero-order valence-corrected chi connectivity index (χ0v) is 10.3. The van der Waals surface area contributed by atoms with Gasteiger partial charge in [0.1, 0.15) is 0 Å². The van der Waals surface area contributed by atoms with Crippen molar-refractivity contribution < 1.29 is 0 Å². The van der Waals surface area contributed by atoms with Crippen molar-refractivity contribution in [3.63, 3.8) is 0 Å². The van der Waals surface area contributed by atoms with Crippen molar-refractivity contribution in [2.45, 2.75) is 41.5 Å². The summed E-state index contributed by atoms with van der Waals surface area (Å²) in [5, 5.41) is 0. The molecule has 0 amide bonds. The standard InChI is InChI=1S/C7H12S.2C2H6/c1-3-4-5-7(2)6-8;2*1-2/h3-5,8H,6H2,1-2H3;2*1-2H3/b4-3-,7-5+;;. The van der Waals surface area contributed by atoms with Crippen molar-refractivity contribution >= 4 is 12.6 Å². The minimum atomic E-state index is 0.852. The van der Waals surface area contributed by atoms with E-state index in [9.17, 15) is 0 Å². The average Bonchev–Trinajstić information content (AvgIpc) is 2.20. The second-order valence-corrected chi connectivity index (χ2v) is 2.01. The summed E-state index contributed by atoms with van der Waals surface area (Å²) in [6, 6.07) is 0. The highest BCUT2D eigenvalue weighted by Gasteiger charge is 1.76. The first-order chi connectivity index (χ1) is 5.81. The minimum absolute atomic E-state index is 0.852. The van der Waals surface area contributed by atoms with Crippen LogP contribution in [0.2, 0.25) is 0 Å². The lowest BCUT2D eigenvalue weighted by molar-refractivity contribution is 1.41. The molecule has 0 radical (unpaired) electrons. The van der Waals surface area contributed by atoms with Crippen LogP contribution in [-0.4, -0.2) is 5.75 Å². The van der Waals surface area contributed by atoms with Gasteiger partial charge in [0, 0.05) is 5.75 Å². The van der Waals surface area contributed by atoms with Crippen molar-refractivity contribution in [1.82, 2.24) is 0 Å². The fraction of sp³-hybridized carbons (Fsp3) is 0.636. The molecule has 0 aliphatic rings. The molecule has 0 rings (SSSR count). The van der Waals surface area contributed by atoms with E-state index in [1.807, 2.05) is 46.8 Å². The first-order valence-corrected chi connectivity index (χ1v) is 5.33. The van der Waals surface area contributed by atoms with Crippen LogP contribution in [0.4, 0.5) is 0 Å². The summed E-state index contributed by atoms with van der Waals surface area (Å²) in [6.07, 6.45) is 6.09. The Bertz CT molecular complexity index is 102. The molecule has 0 spiro atoms. The summed E-state index contributed by atoms with van der Waals surface area (Å²) >= 11 is 4.09. The Kier molecular flexibility index (Phi) is 33.3. The van der Waals surface area contributed by atoms with Crippen LogP contribution >= 0.6 is 12.6 Å². The Morgan fingerprint density at radius 2 is 1.58 bits per heavy atom. The molecule has 74 valence electrons. The second-order valence-electron chi connectivity index (χ2n) is 1.70. The first-order valence-electron chi connectivity index (χ1n) is 4.70. The highest BCUT2D eigenvalue weighted by Crippen LogP contribution is 1.94. The van der Waals surface area contributed by atoms with E-state index in [2.05, 4.69) is 25.6 Å². The van der Waals surface area contributed by atoms with Crippen molar-refractivity contribution in [3.05, 3.63) is 23.8 Å². The minimum Gasteiger partial charge on any atom is -0.175 e. The third-order valence-electron chi connectivity index (χ3n) is 0.823. The maximum atomic E-state index is 4.09. The molecule has 0 atom stereocenters. The van der Waals surface area contributed by atoms with Crippen molar-refractivity contribution in [3.8, 4) is 0 Å². The zero-order chi connectivity index (χ0) is 10.4. The van der Waals surface area contributed by atoms with Gasteiger partial charge in [-0.1, -0.05) is 51.5 Å². The molecular formula is C11H24S.